The molecule has 0 spiro atoms. The van der Waals surface area contributed by atoms with Crippen molar-refractivity contribution < 1.29 is 8.78 Å². The third kappa shape index (κ3) is 2.83. The van der Waals surface area contributed by atoms with Crippen LogP contribution in [0.3, 0.4) is 0 Å². The van der Waals surface area contributed by atoms with Gasteiger partial charge in [-0.05, 0) is 55.8 Å². The van der Waals surface area contributed by atoms with Gasteiger partial charge in [0.05, 0.1) is 0 Å². The largest absolute Gasteiger partial charge is 0.317 e. The van der Waals surface area contributed by atoms with Gasteiger partial charge in [0.15, 0.2) is 0 Å². The van der Waals surface area contributed by atoms with Crippen molar-refractivity contribution in [3.8, 4) is 0 Å². The molecule has 1 nitrogen and oxygen atoms in total. The molecular weight excluding hydrogens is 220 g/mol. The minimum Gasteiger partial charge on any atom is -0.317 e. The van der Waals surface area contributed by atoms with Crippen LogP contribution in [0.2, 0.25) is 0 Å². The van der Waals surface area contributed by atoms with Crippen LogP contribution in [-0.2, 0) is 6.42 Å². The minimum absolute atomic E-state index is 0.476. The van der Waals surface area contributed by atoms with Crippen LogP contribution in [0.1, 0.15) is 25.3 Å². The Balaban J connectivity index is 2.06. The van der Waals surface area contributed by atoms with Gasteiger partial charge < -0.3 is 5.32 Å². The van der Waals surface area contributed by atoms with Gasteiger partial charge in [-0.15, -0.1) is 0 Å². The number of hydrogen-bond donors (Lipinski definition) is 1. The first-order valence-electron chi connectivity index (χ1n) is 6.22. The zero-order valence-corrected chi connectivity index (χ0v) is 10.3. The minimum atomic E-state index is -0.476. The van der Waals surface area contributed by atoms with Crippen molar-refractivity contribution >= 4 is 0 Å². The fourth-order valence-corrected chi connectivity index (χ4v) is 2.97. The van der Waals surface area contributed by atoms with Crippen LogP contribution in [-0.4, -0.2) is 13.1 Å². The molecule has 1 saturated carbocycles. The number of halogens is 2. The first-order chi connectivity index (χ1) is 8.10. The van der Waals surface area contributed by atoms with Crippen molar-refractivity contribution in [3.63, 3.8) is 0 Å². The lowest BCUT2D eigenvalue weighted by Gasteiger charge is -2.20. The maximum absolute atomic E-state index is 13.1. The van der Waals surface area contributed by atoms with E-state index < -0.39 is 11.6 Å². The summed E-state index contributed by atoms with van der Waals surface area (Å²) >= 11 is 0. The van der Waals surface area contributed by atoms with E-state index in [0.29, 0.717) is 17.9 Å². The fraction of sp³-hybridized carbons (Fsp3) is 0.571. The first kappa shape index (κ1) is 12.5. The maximum Gasteiger partial charge on any atom is 0.126 e. The number of hydrogen-bond acceptors (Lipinski definition) is 1. The number of nitrogens with one attached hydrogen (secondary N) is 1. The third-order valence-electron chi connectivity index (χ3n) is 4.02. The molecule has 94 valence electrons. The average Bonchev–Trinajstić information content (AvgIpc) is 2.58. The lowest BCUT2D eigenvalue weighted by molar-refractivity contribution is 0.363. The summed E-state index contributed by atoms with van der Waals surface area (Å²) in [5.74, 6) is 0.131. The molecule has 2 rings (SSSR count). The summed E-state index contributed by atoms with van der Waals surface area (Å²) in [6, 6.07) is 4.36. The summed E-state index contributed by atoms with van der Waals surface area (Å²) < 4.78 is 26.2. The number of benzene rings is 1. The van der Waals surface area contributed by atoms with E-state index in [9.17, 15) is 8.78 Å². The summed E-state index contributed by atoms with van der Waals surface area (Å²) in [6.07, 6.45) is 3.05. The van der Waals surface area contributed by atoms with Gasteiger partial charge in [0.25, 0.3) is 0 Å². The van der Waals surface area contributed by atoms with E-state index in [1.165, 1.54) is 12.1 Å². The molecule has 17 heavy (non-hydrogen) atoms. The molecule has 1 fully saturated rings. The van der Waals surface area contributed by atoms with Crippen molar-refractivity contribution in [2.45, 2.75) is 32.2 Å². The SMILES string of the molecule is CNC1CCC(Cc2cc(F)cc(F)c2)C1C. The Morgan fingerprint density at radius 3 is 2.35 bits per heavy atom. The van der Waals surface area contributed by atoms with Crippen LogP contribution in [0.25, 0.3) is 0 Å². The first-order valence-corrected chi connectivity index (χ1v) is 6.22. The molecule has 1 N–H and O–H groups in total. The van der Waals surface area contributed by atoms with Crippen molar-refractivity contribution in [3.05, 3.63) is 35.4 Å². The Kier molecular flexibility index (Phi) is 3.77. The number of rotatable bonds is 3. The molecular formula is C14H19F2N. The van der Waals surface area contributed by atoms with Crippen molar-refractivity contribution in [2.24, 2.45) is 11.8 Å². The molecule has 0 saturated heterocycles. The molecule has 3 atom stereocenters. The van der Waals surface area contributed by atoms with E-state index in [-0.39, 0.29) is 0 Å². The normalized spacial score (nSPS) is 28.6. The Morgan fingerprint density at radius 1 is 1.18 bits per heavy atom. The smallest absolute Gasteiger partial charge is 0.126 e. The van der Waals surface area contributed by atoms with Crippen LogP contribution >= 0.6 is 0 Å². The second-order valence-electron chi connectivity index (χ2n) is 5.07. The van der Waals surface area contributed by atoms with Gasteiger partial charge in [-0.3, -0.25) is 0 Å². The molecule has 0 amide bonds. The van der Waals surface area contributed by atoms with Crippen molar-refractivity contribution in [2.75, 3.05) is 7.05 Å². The van der Waals surface area contributed by atoms with Gasteiger partial charge in [-0.25, -0.2) is 8.78 Å². The van der Waals surface area contributed by atoms with E-state index in [1.54, 1.807) is 0 Å². The van der Waals surface area contributed by atoms with Crippen molar-refractivity contribution in [1.82, 2.24) is 5.32 Å². The molecule has 3 heteroatoms. The quantitative estimate of drug-likeness (QED) is 0.854. The van der Waals surface area contributed by atoms with Gasteiger partial charge in [0.1, 0.15) is 11.6 Å². The zero-order valence-electron chi connectivity index (χ0n) is 10.3. The van der Waals surface area contributed by atoms with Gasteiger partial charge in [-0.1, -0.05) is 6.92 Å². The van der Waals surface area contributed by atoms with Gasteiger partial charge in [0.2, 0.25) is 0 Å². The van der Waals surface area contributed by atoms with Gasteiger partial charge in [-0.2, -0.15) is 0 Å². The Hall–Kier alpha value is -0.960. The molecule has 0 heterocycles. The maximum atomic E-state index is 13.1. The zero-order chi connectivity index (χ0) is 12.4. The molecule has 0 radical (unpaired) electrons. The van der Waals surface area contributed by atoms with E-state index in [4.69, 9.17) is 0 Å². The standard InChI is InChI=1S/C14H19F2N/c1-9-11(3-4-14(9)17-2)5-10-6-12(15)8-13(16)7-10/h6-9,11,14,17H,3-5H2,1-2H3. The van der Waals surface area contributed by atoms with Crippen LogP contribution in [0.5, 0.6) is 0 Å². The predicted octanol–water partition coefficient (Wildman–Crippen LogP) is 3.14. The molecule has 3 unspecified atom stereocenters. The molecule has 1 aromatic carbocycles. The summed E-state index contributed by atoms with van der Waals surface area (Å²) in [5.41, 5.74) is 0.774. The van der Waals surface area contributed by atoms with Crippen LogP contribution in [0.15, 0.2) is 18.2 Å². The third-order valence-corrected chi connectivity index (χ3v) is 4.02. The molecule has 1 aromatic rings. The molecule has 0 aliphatic heterocycles. The second-order valence-corrected chi connectivity index (χ2v) is 5.07. The van der Waals surface area contributed by atoms with E-state index in [1.807, 2.05) is 7.05 Å². The van der Waals surface area contributed by atoms with Gasteiger partial charge >= 0.3 is 0 Å². The predicted molar refractivity (Wildman–Crippen MR) is 64.8 cm³/mol. The van der Waals surface area contributed by atoms with E-state index in [0.717, 1.165) is 30.9 Å². The molecule has 1 aliphatic rings. The molecule has 1 aliphatic carbocycles. The fourth-order valence-electron chi connectivity index (χ4n) is 2.97. The highest BCUT2D eigenvalue weighted by atomic mass is 19.1. The summed E-state index contributed by atoms with van der Waals surface area (Å²) in [7, 11) is 1.98. The average molecular weight is 239 g/mol. The summed E-state index contributed by atoms with van der Waals surface area (Å²) in [5, 5.41) is 3.30. The monoisotopic (exact) mass is 239 g/mol. The van der Waals surface area contributed by atoms with Gasteiger partial charge in [0, 0.05) is 12.1 Å². The van der Waals surface area contributed by atoms with Crippen LogP contribution < -0.4 is 5.32 Å². The summed E-state index contributed by atoms with van der Waals surface area (Å²) in [6.45, 7) is 2.22. The van der Waals surface area contributed by atoms with Crippen molar-refractivity contribution in [1.29, 1.82) is 0 Å². The lowest BCUT2D eigenvalue weighted by Crippen LogP contribution is -2.29. The Labute approximate surface area is 101 Å². The Morgan fingerprint density at radius 2 is 1.82 bits per heavy atom. The Bertz CT molecular complexity index is 372. The highest BCUT2D eigenvalue weighted by Gasteiger charge is 2.31. The second kappa shape index (κ2) is 5.13. The highest BCUT2D eigenvalue weighted by Crippen LogP contribution is 2.34. The lowest BCUT2D eigenvalue weighted by atomic mass is 9.89. The summed E-state index contributed by atoms with van der Waals surface area (Å²) in [4.78, 5) is 0. The van der Waals surface area contributed by atoms with Crippen LogP contribution in [0, 0.1) is 23.5 Å². The molecule has 0 bridgehead atoms. The van der Waals surface area contributed by atoms with Crippen LogP contribution in [0.4, 0.5) is 8.78 Å². The van der Waals surface area contributed by atoms with E-state index in [2.05, 4.69) is 12.2 Å². The highest BCUT2D eigenvalue weighted by molar-refractivity contribution is 5.19. The van der Waals surface area contributed by atoms with E-state index >= 15 is 0 Å². The topological polar surface area (TPSA) is 12.0 Å². The molecule has 0 aromatic heterocycles.